The fraction of sp³-hybridized carbons (Fsp3) is 0.318. The third kappa shape index (κ3) is 3.94. The summed E-state index contributed by atoms with van der Waals surface area (Å²) < 4.78 is 3.65. The molecule has 0 aliphatic rings. The van der Waals surface area contributed by atoms with Crippen molar-refractivity contribution in [3.63, 3.8) is 0 Å². The Labute approximate surface area is 174 Å². The van der Waals surface area contributed by atoms with E-state index in [1.165, 1.54) is 0 Å². The summed E-state index contributed by atoms with van der Waals surface area (Å²) >= 11 is 0. The van der Waals surface area contributed by atoms with Crippen molar-refractivity contribution < 1.29 is 0 Å². The lowest BCUT2D eigenvalue weighted by molar-refractivity contribution is 0.615. The highest BCUT2D eigenvalue weighted by molar-refractivity contribution is 5.79. The van der Waals surface area contributed by atoms with Gasteiger partial charge in [-0.25, -0.2) is 9.89 Å². The number of nitrogens with one attached hydrogen (secondary N) is 1. The number of nitrogens with zero attached hydrogens (tertiary/aromatic N) is 6. The van der Waals surface area contributed by atoms with Crippen LogP contribution in [-0.4, -0.2) is 34.7 Å². The molecule has 0 amide bonds. The van der Waals surface area contributed by atoms with Crippen molar-refractivity contribution in [1.29, 1.82) is 0 Å². The second-order valence-electron chi connectivity index (χ2n) is 7.27. The summed E-state index contributed by atoms with van der Waals surface area (Å²) in [6, 6.07) is 11.9. The lowest BCUT2D eigenvalue weighted by Gasteiger charge is -2.09. The quantitative estimate of drug-likeness (QED) is 0.487. The molecule has 0 saturated heterocycles. The maximum absolute atomic E-state index is 12.8. The van der Waals surface area contributed by atoms with E-state index in [1.807, 2.05) is 53.4 Å². The lowest BCUT2D eigenvalue weighted by atomic mass is 10.0. The van der Waals surface area contributed by atoms with Gasteiger partial charge in [0, 0.05) is 35.8 Å². The van der Waals surface area contributed by atoms with Gasteiger partial charge in [-0.1, -0.05) is 50.6 Å². The number of aromatic amines is 1. The molecule has 0 radical (unpaired) electrons. The monoisotopic (exact) mass is 403 g/mol. The van der Waals surface area contributed by atoms with Crippen LogP contribution in [0.25, 0.3) is 22.5 Å². The highest BCUT2D eigenvalue weighted by atomic mass is 16.1. The van der Waals surface area contributed by atoms with E-state index in [2.05, 4.69) is 39.5 Å². The molecule has 4 rings (SSSR count). The maximum atomic E-state index is 12.8. The van der Waals surface area contributed by atoms with Gasteiger partial charge in [-0.15, -0.1) is 5.10 Å². The molecule has 154 valence electrons. The lowest BCUT2D eigenvalue weighted by Crippen LogP contribution is -2.25. The standard InChI is InChI=1S/C22H25N7O/c1-3-7-18-15-28(12-4-2)22(30)29(18)14-17-11-10-16(13-23-17)19-8-5-6-9-20(19)21-24-26-27-25-21/h5-6,8-11,13,15H,3-4,7,12,14H2,1-2H3,(H,24,25,26,27). The van der Waals surface area contributed by atoms with E-state index in [4.69, 9.17) is 0 Å². The number of hydrogen-bond donors (Lipinski definition) is 1. The Bertz CT molecular complexity index is 1160. The van der Waals surface area contributed by atoms with Crippen LogP contribution in [-0.2, 0) is 19.5 Å². The third-order valence-corrected chi connectivity index (χ3v) is 5.08. The molecule has 0 aliphatic heterocycles. The Balaban J connectivity index is 1.63. The summed E-state index contributed by atoms with van der Waals surface area (Å²) in [6.45, 7) is 5.41. The van der Waals surface area contributed by atoms with Crippen LogP contribution in [0.5, 0.6) is 0 Å². The summed E-state index contributed by atoms with van der Waals surface area (Å²) in [4.78, 5) is 17.4. The third-order valence-electron chi connectivity index (χ3n) is 5.08. The molecule has 0 bridgehead atoms. The minimum atomic E-state index is 0.0364. The molecule has 0 unspecified atom stereocenters. The molecule has 0 spiro atoms. The predicted octanol–water partition coefficient (Wildman–Crippen LogP) is 3.30. The summed E-state index contributed by atoms with van der Waals surface area (Å²) in [5.74, 6) is 0.614. The van der Waals surface area contributed by atoms with Crippen LogP contribution in [0, 0.1) is 0 Å². The normalized spacial score (nSPS) is 11.1. The molecule has 8 nitrogen and oxygen atoms in total. The molecule has 30 heavy (non-hydrogen) atoms. The first-order valence-electron chi connectivity index (χ1n) is 10.3. The van der Waals surface area contributed by atoms with Crippen molar-refractivity contribution in [2.45, 2.75) is 46.2 Å². The van der Waals surface area contributed by atoms with E-state index in [1.54, 1.807) is 4.57 Å². The van der Waals surface area contributed by atoms with Gasteiger partial charge in [0.15, 0.2) is 5.82 Å². The number of benzene rings is 1. The number of tetrazole rings is 1. The van der Waals surface area contributed by atoms with Gasteiger partial charge in [-0.3, -0.25) is 14.1 Å². The first kappa shape index (κ1) is 19.8. The van der Waals surface area contributed by atoms with Crippen molar-refractivity contribution >= 4 is 0 Å². The molecule has 8 heteroatoms. The average Bonchev–Trinajstić information content (AvgIpc) is 3.40. The highest BCUT2D eigenvalue weighted by Gasteiger charge is 2.13. The van der Waals surface area contributed by atoms with Crippen molar-refractivity contribution in [2.75, 3.05) is 0 Å². The van der Waals surface area contributed by atoms with Crippen LogP contribution < -0.4 is 5.69 Å². The van der Waals surface area contributed by atoms with Crippen LogP contribution in [0.2, 0.25) is 0 Å². The molecule has 3 heterocycles. The molecule has 0 atom stereocenters. The van der Waals surface area contributed by atoms with E-state index in [0.29, 0.717) is 12.4 Å². The molecule has 3 aromatic heterocycles. The fourth-order valence-corrected chi connectivity index (χ4v) is 3.66. The number of imidazole rings is 1. The molecule has 0 fully saturated rings. The average molecular weight is 403 g/mol. The summed E-state index contributed by atoms with van der Waals surface area (Å²) in [6.07, 6.45) is 6.64. The van der Waals surface area contributed by atoms with Crippen molar-refractivity contribution in [1.82, 2.24) is 34.7 Å². The second-order valence-corrected chi connectivity index (χ2v) is 7.27. The zero-order valence-corrected chi connectivity index (χ0v) is 17.2. The van der Waals surface area contributed by atoms with Gasteiger partial charge < -0.3 is 0 Å². The van der Waals surface area contributed by atoms with Gasteiger partial charge in [-0.05, 0) is 34.9 Å². The molecule has 1 aromatic carbocycles. The van der Waals surface area contributed by atoms with Gasteiger partial charge in [0.2, 0.25) is 0 Å². The summed E-state index contributed by atoms with van der Waals surface area (Å²) in [7, 11) is 0. The topological polar surface area (TPSA) is 94.3 Å². The minimum Gasteiger partial charge on any atom is -0.299 e. The molecule has 0 saturated carbocycles. The SMILES string of the molecule is CCCc1cn(CCC)c(=O)n1Cc1ccc(-c2ccccc2-c2nnn[nH]2)cn1. The zero-order valence-electron chi connectivity index (χ0n) is 17.2. The van der Waals surface area contributed by atoms with Gasteiger partial charge in [0.1, 0.15) is 0 Å². The number of pyridine rings is 1. The number of rotatable bonds is 8. The van der Waals surface area contributed by atoms with E-state index in [-0.39, 0.29) is 5.69 Å². The number of aromatic nitrogens is 7. The molecule has 1 N–H and O–H groups in total. The van der Waals surface area contributed by atoms with Gasteiger partial charge in [0.05, 0.1) is 12.2 Å². The zero-order chi connectivity index (χ0) is 20.9. The van der Waals surface area contributed by atoms with Crippen molar-refractivity contribution in [3.8, 4) is 22.5 Å². The van der Waals surface area contributed by atoms with Gasteiger partial charge in [-0.2, -0.15) is 0 Å². The molecule has 0 aliphatic carbocycles. The smallest absolute Gasteiger partial charge is 0.299 e. The van der Waals surface area contributed by atoms with E-state index < -0.39 is 0 Å². The largest absolute Gasteiger partial charge is 0.328 e. The fourth-order valence-electron chi connectivity index (χ4n) is 3.66. The summed E-state index contributed by atoms with van der Waals surface area (Å²) in [5, 5.41) is 14.2. The Morgan fingerprint density at radius 3 is 2.53 bits per heavy atom. The molecular weight excluding hydrogens is 378 g/mol. The van der Waals surface area contributed by atoms with Crippen molar-refractivity contribution in [3.05, 3.63) is 70.7 Å². The van der Waals surface area contributed by atoms with Crippen LogP contribution >= 0.6 is 0 Å². The van der Waals surface area contributed by atoms with E-state index >= 15 is 0 Å². The van der Waals surface area contributed by atoms with E-state index in [9.17, 15) is 4.79 Å². The Kier molecular flexibility index (Phi) is 5.83. The number of aryl methyl sites for hydroxylation is 2. The minimum absolute atomic E-state index is 0.0364. The first-order valence-corrected chi connectivity index (χ1v) is 10.3. The molecule has 4 aromatic rings. The van der Waals surface area contributed by atoms with Crippen LogP contribution in [0.15, 0.2) is 53.6 Å². The Hall–Kier alpha value is -3.55. The number of H-pyrrole nitrogens is 1. The Morgan fingerprint density at radius 2 is 1.87 bits per heavy atom. The van der Waals surface area contributed by atoms with Crippen LogP contribution in [0.3, 0.4) is 0 Å². The van der Waals surface area contributed by atoms with Crippen molar-refractivity contribution in [2.24, 2.45) is 0 Å². The van der Waals surface area contributed by atoms with Crippen LogP contribution in [0.4, 0.5) is 0 Å². The first-order chi connectivity index (χ1) is 14.7. The maximum Gasteiger partial charge on any atom is 0.328 e. The van der Waals surface area contributed by atoms with E-state index in [0.717, 1.165) is 53.9 Å². The Morgan fingerprint density at radius 1 is 1.03 bits per heavy atom. The summed E-state index contributed by atoms with van der Waals surface area (Å²) in [5.41, 5.74) is 4.82. The predicted molar refractivity (Wildman–Crippen MR) is 115 cm³/mol. The number of hydrogen-bond acceptors (Lipinski definition) is 5. The highest BCUT2D eigenvalue weighted by Crippen LogP contribution is 2.29. The second kappa shape index (κ2) is 8.86. The van der Waals surface area contributed by atoms with Crippen LogP contribution in [0.1, 0.15) is 38.1 Å². The molecular formula is C22H25N7O. The van der Waals surface area contributed by atoms with Gasteiger partial charge >= 0.3 is 5.69 Å². The van der Waals surface area contributed by atoms with Gasteiger partial charge in [0.25, 0.3) is 0 Å².